The summed E-state index contributed by atoms with van der Waals surface area (Å²) in [6.07, 6.45) is 1.27. The summed E-state index contributed by atoms with van der Waals surface area (Å²) in [7, 11) is 0. The Morgan fingerprint density at radius 1 is 1.12 bits per heavy atom. The van der Waals surface area contributed by atoms with Gasteiger partial charge in [0.1, 0.15) is 11.3 Å². The van der Waals surface area contributed by atoms with Crippen molar-refractivity contribution in [3.63, 3.8) is 0 Å². The third kappa shape index (κ3) is 4.23. The highest BCUT2D eigenvalue weighted by Gasteiger charge is 2.38. The monoisotopic (exact) mass is 448 g/mol. The van der Waals surface area contributed by atoms with Crippen LogP contribution in [-0.2, 0) is 21.4 Å². The minimum atomic E-state index is -1.11. The highest BCUT2D eigenvalue weighted by Crippen LogP contribution is 2.35. The number of aliphatic carboxylic acids is 1. The van der Waals surface area contributed by atoms with Crippen LogP contribution >= 0.6 is 0 Å². The van der Waals surface area contributed by atoms with E-state index < -0.39 is 17.0 Å². The third-order valence-corrected chi connectivity index (χ3v) is 6.62. The van der Waals surface area contributed by atoms with E-state index in [4.69, 9.17) is 9.15 Å². The van der Waals surface area contributed by atoms with Gasteiger partial charge >= 0.3 is 5.63 Å². The van der Waals surface area contributed by atoms with Crippen molar-refractivity contribution in [2.24, 2.45) is 0 Å². The Morgan fingerprint density at radius 2 is 1.82 bits per heavy atom. The molecular formula is C26H26NO6-. The van der Waals surface area contributed by atoms with Crippen molar-refractivity contribution in [1.82, 2.24) is 4.90 Å². The smallest absolute Gasteiger partial charge is 0.336 e. The van der Waals surface area contributed by atoms with Crippen molar-refractivity contribution >= 4 is 22.8 Å². The van der Waals surface area contributed by atoms with Crippen LogP contribution in [0, 0.1) is 6.92 Å². The molecule has 0 unspecified atom stereocenters. The summed E-state index contributed by atoms with van der Waals surface area (Å²) in [6, 6.07) is 14.1. The van der Waals surface area contributed by atoms with Gasteiger partial charge in [-0.2, -0.15) is 0 Å². The maximum absolute atomic E-state index is 12.8. The summed E-state index contributed by atoms with van der Waals surface area (Å²) in [5.41, 5.74) is 1.21. The number of hydrogen-bond acceptors (Lipinski definition) is 6. The van der Waals surface area contributed by atoms with E-state index in [2.05, 4.69) is 0 Å². The second kappa shape index (κ2) is 9.10. The van der Waals surface area contributed by atoms with Crippen LogP contribution in [0.15, 0.2) is 57.7 Å². The largest absolute Gasteiger partial charge is 0.549 e. The number of carbonyl (C=O) groups excluding carboxylic acids is 2. The lowest BCUT2D eigenvalue weighted by Crippen LogP contribution is -2.54. The fourth-order valence-corrected chi connectivity index (χ4v) is 4.59. The average molecular weight is 448 g/mol. The van der Waals surface area contributed by atoms with Crippen molar-refractivity contribution in [3.8, 4) is 5.75 Å². The number of likely N-dealkylation sites (tertiary alicyclic amines) is 1. The molecule has 1 saturated heterocycles. The minimum Gasteiger partial charge on any atom is -0.549 e. The fourth-order valence-electron chi connectivity index (χ4n) is 4.59. The molecule has 0 N–H and O–H groups in total. The Morgan fingerprint density at radius 3 is 2.45 bits per heavy atom. The van der Waals surface area contributed by atoms with Crippen molar-refractivity contribution in [2.75, 3.05) is 19.7 Å². The summed E-state index contributed by atoms with van der Waals surface area (Å²) in [5.74, 6) is -0.868. The lowest BCUT2D eigenvalue weighted by molar-refractivity contribution is -0.315. The van der Waals surface area contributed by atoms with Crippen LogP contribution in [0.3, 0.4) is 0 Å². The molecule has 2 heterocycles. The van der Waals surface area contributed by atoms with Crippen molar-refractivity contribution in [1.29, 1.82) is 0 Å². The number of hydrogen-bond donors (Lipinski definition) is 0. The van der Waals surface area contributed by atoms with Crippen LogP contribution in [0.25, 0.3) is 11.0 Å². The quantitative estimate of drug-likeness (QED) is 0.537. The van der Waals surface area contributed by atoms with Crippen molar-refractivity contribution in [2.45, 2.75) is 38.5 Å². The molecule has 3 aromatic rings. The Labute approximate surface area is 191 Å². The first-order chi connectivity index (χ1) is 15.9. The Balaban J connectivity index is 1.45. The number of piperidine rings is 1. The molecule has 1 aliphatic heterocycles. The lowest BCUT2D eigenvalue weighted by Gasteiger charge is -2.42. The van der Waals surface area contributed by atoms with Crippen LogP contribution in [-0.4, -0.2) is 36.5 Å². The molecule has 0 bridgehead atoms. The lowest BCUT2D eigenvalue weighted by atomic mass is 9.73. The molecule has 4 rings (SSSR count). The van der Waals surface area contributed by atoms with Gasteiger partial charge in [-0.25, -0.2) is 4.79 Å². The summed E-state index contributed by atoms with van der Waals surface area (Å²) >= 11 is 0. The van der Waals surface area contributed by atoms with E-state index in [-0.39, 0.29) is 25.4 Å². The number of benzene rings is 2. The molecular weight excluding hydrogens is 422 g/mol. The predicted octanol–water partition coefficient (Wildman–Crippen LogP) is 2.35. The second-order valence-corrected chi connectivity index (χ2v) is 8.41. The van der Waals surface area contributed by atoms with Gasteiger partial charge in [-0.15, -0.1) is 0 Å². The van der Waals surface area contributed by atoms with E-state index in [1.807, 2.05) is 31.2 Å². The summed E-state index contributed by atoms with van der Waals surface area (Å²) in [4.78, 5) is 38.3. The number of amides is 1. The molecule has 0 spiro atoms. The normalized spacial score (nSPS) is 15.4. The van der Waals surface area contributed by atoms with Crippen LogP contribution < -0.4 is 15.5 Å². The zero-order valence-corrected chi connectivity index (χ0v) is 18.8. The summed E-state index contributed by atoms with van der Waals surface area (Å²) in [5, 5.41) is 12.9. The minimum absolute atomic E-state index is 0.187. The molecule has 0 saturated carbocycles. The van der Waals surface area contributed by atoms with Crippen molar-refractivity contribution < 1.29 is 23.8 Å². The number of carboxylic acids is 1. The van der Waals surface area contributed by atoms with Gasteiger partial charge in [0.2, 0.25) is 0 Å². The van der Waals surface area contributed by atoms with Gasteiger partial charge in [-0.05, 0) is 49.4 Å². The van der Waals surface area contributed by atoms with Gasteiger partial charge in [0, 0.05) is 35.5 Å². The summed E-state index contributed by atoms with van der Waals surface area (Å²) < 4.78 is 11.2. The van der Waals surface area contributed by atoms with E-state index in [9.17, 15) is 19.5 Å². The summed E-state index contributed by atoms with van der Waals surface area (Å²) in [6.45, 7) is 4.18. The number of rotatable bonds is 6. The molecule has 172 valence electrons. The Bertz CT molecular complexity index is 1240. The first-order valence-electron chi connectivity index (χ1n) is 11.1. The maximum atomic E-state index is 12.8. The van der Waals surface area contributed by atoms with E-state index in [1.165, 1.54) is 6.07 Å². The molecule has 7 nitrogen and oxygen atoms in total. The average Bonchev–Trinajstić information content (AvgIpc) is 2.83. The molecule has 1 aliphatic rings. The highest BCUT2D eigenvalue weighted by atomic mass is 16.5. The van der Waals surface area contributed by atoms with Gasteiger partial charge < -0.3 is 24.0 Å². The first kappa shape index (κ1) is 22.6. The standard InChI is InChI=1S/C26H27NO6/c1-3-18-15-23(29)33-24-17(2)21(10-9-20(18)24)32-16-22(28)27-13-11-26(12-14-27,25(30)31)19-7-5-4-6-8-19/h4-10,15H,3,11-14,16H2,1-2H3,(H,30,31)/p-1. The number of nitrogens with zero attached hydrogens (tertiary/aromatic N) is 1. The first-order valence-corrected chi connectivity index (χ1v) is 11.1. The van der Waals surface area contributed by atoms with Gasteiger partial charge in [-0.3, -0.25) is 4.79 Å². The van der Waals surface area contributed by atoms with E-state index in [0.29, 0.717) is 42.0 Å². The Hall–Kier alpha value is -3.61. The molecule has 0 radical (unpaired) electrons. The molecule has 0 atom stereocenters. The van der Waals surface area contributed by atoms with Gasteiger partial charge in [0.25, 0.3) is 5.91 Å². The van der Waals surface area contributed by atoms with E-state index >= 15 is 0 Å². The molecule has 1 aromatic heterocycles. The molecule has 1 amide bonds. The molecule has 7 heteroatoms. The number of carboxylic acid groups (broad SMARTS) is 1. The van der Waals surface area contributed by atoms with Crippen LogP contribution in [0.2, 0.25) is 0 Å². The number of aryl methyl sites for hydroxylation is 2. The SMILES string of the molecule is CCc1cc(=O)oc2c(C)c(OCC(=O)N3CCC(C(=O)[O-])(c4ccccc4)CC3)ccc12. The zero-order chi connectivity index (χ0) is 23.6. The zero-order valence-electron chi connectivity index (χ0n) is 18.8. The van der Waals surface area contributed by atoms with E-state index in [1.54, 1.807) is 30.0 Å². The molecule has 2 aromatic carbocycles. The topological polar surface area (TPSA) is 99.9 Å². The highest BCUT2D eigenvalue weighted by molar-refractivity contribution is 5.85. The van der Waals surface area contributed by atoms with E-state index in [0.717, 1.165) is 10.9 Å². The second-order valence-electron chi connectivity index (χ2n) is 8.41. The Kier molecular flexibility index (Phi) is 6.22. The molecule has 33 heavy (non-hydrogen) atoms. The number of fused-ring (bicyclic) bond motifs is 1. The van der Waals surface area contributed by atoms with Crippen LogP contribution in [0.5, 0.6) is 5.75 Å². The molecule has 0 aliphatic carbocycles. The van der Waals surface area contributed by atoms with Gasteiger partial charge in [0.15, 0.2) is 6.61 Å². The fraction of sp³-hybridized carbons (Fsp3) is 0.346. The number of ether oxygens (including phenoxy) is 1. The third-order valence-electron chi connectivity index (χ3n) is 6.62. The molecule has 1 fully saturated rings. The van der Waals surface area contributed by atoms with Gasteiger partial charge in [0.05, 0.1) is 5.97 Å². The maximum Gasteiger partial charge on any atom is 0.336 e. The van der Waals surface area contributed by atoms with Gasteiger partial charge in [-0.1, -0.05) is 37.3 Å². The van der Waals surface area contributed by atoms with Crippen LogP contribution in [0.4, 0.5) is 0 Å². The predicted molar refractivity (Wildman–Crippen MR) is 121 cm³/mol. The van der Waals surface area contributed by atoms with Crippen LogP contribution in [0.1, 0.15) is 36.5 Å². The number of carbonyl (C=O) groups is 2. The van der Waals surface area contributed by atoms with Crippen molar-refractivity contribution in [3.05, 3.63) is 75.6 Å².